The average Bonchev–Trinajstić information content (AvgIpc) is 2.13. The third-order valence-electron chi connectivity index (χ3n) is 2.02. The molecule has 0 heterocycles. The zero-order valence-electron chi connectivity index (χ0n) is 10.5. The predicted octanol–water partition coefficient (Wildman–Crippen LogP) is 3.03. The predicted molar refractivity (Wildman–Crippen MR) is 57.2 cm³/mol. The van der Waals surface area contributed by atoms with Gasteiger partial charge in [0.25, 0.3) is 5.91 Å². The summed E-state index contributed by atoms with van der Waals surface area (Å²) in [7, 11) is 0. The maximum atomic E-state index is 12.9. The number of nitrogens with zero attached hydrogens (tertiary/aromatic N) is 1. The summed E-state index contributed by atoms with van der Waals surface area (Å²) in [5.74, 6) is -6.48. The third-order valence-corrected chi connectivity index (χ3v) is 2.02. The smallest absolute Gasteiger partial charge is 0.337 e. The van der Waals surface area contributed by atoms with E-state index in [0.717, 1.165) is 4.90 Å². The van der Waals surface area contributed by atoms with Crippen LogP contribution in [0.1, 0.15) is 27.7 Å². The normalized spacial score (nSPS) is 12.6. The molecule has 102 valence electrons. The summed E-state index contributed by atoms with van der Waals surface area (Å²) in [6.45, 7) is 7.06. The highest BCUT2D eigenvalue weighted by Gasteiger charge is 2.51. The van der Waals surface area contributed by atoms with Crippen LogP contribution < -0.4 is 0 Å². The summed E-state index contributed by atoms with van der Waals surface area (Å²) >= 11 is 0. The molecule has 1 amide bonds. The molecule has 0 aromatic heterocycles. The highest BCUT2D eigenvalue weighted by molar-refractivity contribution is 5.84. The van der Waals surface area contributed by atoms with Crippen molar-refractivity contribution in [2.45, 2.75) is 40.0 Å². The standard InChI is InChI=1S/C11H19F4NO/c1-7(2)5-16(6-8(3)4)10(17)11(14,15)9(12)13/h7-9H,5-6H2,1-4H3. The van der Waals surface area contributed by atoms with Crippen molar-refractivity contribution in [2.75, 3.05) is 13.1 Å². The van der Waals surface area contributed by atoms with E-state index in [4.69, 9.17) is 0 Å². The van der Waals surface area contributed by atoms with Gasteiger partial charge in [0.2, 0.25) is 0 Å². The highest BCUT2D eigenvalue weighted by Crippen LogP contribution is 2.26. The van der Waals surface area contributed by atoms with Crippen molar-refractivity contribution in [1.82, 2.24) is 4.90 Å². The first-order chi connectivity index (χ1) is 7.59. The van der Waals surface area contributed by atoms with Crippen LogP contribution in [0, 0.1) is 11.8 Å². The van der Waals surface area contributed by atoms with E-state index < -0.39 is 18.3 Å². The van der Waals surface area contributed by atoms with Gasteiger partial charge in [-0.1, -0.05) is 27.7 Å². The van der Waals surface area contributed by atoms with Gasteiger partial charge in [-0.2, -0.15) is 8.78 Å². The van der Waals surface area contributed by atoms with Crippen LogP contribution in [0.4, 0.5) is 17.6 Å². The fourth-order valence-electron chi connectivity index (χ4n) is 1.43. The molecule has 0 aliphatic rings. The molecule has 6 heteroatoms. The van der Waals surface area contributed by atoms with E-state index >= 15 is 0 Å². The van der Waals surface area contributed by atoms with Crippen LogP contribution in [0.3, 0.4) is 0 Å². The van der Waals surface area contributed by atoms with Crippen molar-refractivity contribution in [3.63, 3.8) is 0 Å². The number of carbonyl (C=O) groups excluding carboxylic acids is 1. The van der Waals surface area contributed by atoms with Crippen LogP contribution in [0.2, 0.25) is 0 Å². The zero-order valence-corrected chi connectivity index (χ0v) is 10.5. The molecule has 0 N–H and O–H groups in total. The Labute approximate surface area is 99.0 Å². The maximum absolute atomic E-state index is 12.9. The van der Waals surface area contributed by atoms with Crippen molar-refractivity contribution in [1.29, 1.82) is 0 Å². The van der Waals surface area contributed by atoms with Crippen molar-refractivity contribution in [3.05, 3.63) is 0 Å². The SMILES string of the molecule is CC(C)CN(CC(C)C)C(=O)C(F)(F)C(F)F. The largest absolute Gasteiger partial charge is 0.383 e. The van der Waals surface area contributed by atoms with Crippen LogP contribution in [0.15, 0.2) is 0 Å². The van der Waals surface area contributed by atoms with Gasteiger partial charge in [0, 0.05) is 13.1 Å². The fraction of sp³-hybridized carbons (Fsp3) is 0.909. The number of halogens is 4. The lowest BCUT2D eigenvalue weighted by Crippen LogP contribution is -2.49. The van der Waals surface area contributed by atoms with E-state index in [1.807, 2.05) is 0 Å². The first-order valence-electron chi connectivity index (χ1n) is 5.54. The van der Waals surface area contributed by atoms with Gasteiger partial charge in [-0.05, 0) is 11.8 Å². The summed E-state index contributed by atoms with van der Waals surface area (Å²) in [5, 5.41) is 0. The summed E-state index contributed by atoms with van der Waals surface area (Å²) < 4.78 is 50.1. The molecular formula is C11H19F4NO. The molecule has 2 nitrogen and oxygen atoms in total. The van der Waals surface area contributed by atoms with Crippen LogP contribution in [-0.4, -0.2) is 36.2 Å². The molecule has 0 bridgehead atoms. The van der Waals surface area contributed by atoms with Gasteiger partial charge in [0.05, 0.1) is 0 Å². The second kappa shape index (κ2) is 6.21. The molecule has 0 spiro atoms. The highest BCUT2D eigenvalue weighted by atomic mass is 19.3. The minimum atomic E-state index is -4.59. The average molecular weight is 257 g/mol. The lowest BCUT2D eigenvalue weighted by Gasteiger charge is -2.29. The number of hydrogen-bond donors (Lipinski definition) is 0. The molecule has 0 aromatic carbocycles. The Morgan fingerprint density at radius 2 is 1.41 bits per heavy atom. The fourth-order valence-corrected chi connectivity index (χ4v) is 1.43. The zero-order chi connectivity index (χ0) is 13.8. The summed E-state index contributed by atoms with van der Waals surface area (Å²) in [6.07, 6.45) is -3.96. The minimum Gasteiger partial charge on any atom is -0.337 e. The Bertz CT molecular complexity index is 244. The molecular weight excluding hydrogens is 238 g/mol. The van der Waals surface area contributed by atoms with Gasteiger partial charge in [0.15, 0.2) is 0 Å². The van der Waals surface area contributed by atoms with E-state index in [9.17, 15) is 22.4 Å². The number of hydrogen-bond acceptors (Lipinski definition) is 1. The number of carbonyl (C=O) groups is 1. The van der Waals surface area contributed by atoms with E-state index in [1.165, 1.54) is 0 Å². The molecule has 0 aliphatic heterocycles. The second-order valence-electron chi connectivity index (χ2n) is 4.92. The van der Waals surface area contributed by atoms with Crippen LogP contribution in [-0.2, 0) is 4.79 Å². The van der Waals surface area contributed by atoms with E-state index in [1.54, 1.807) is 27.7 Å². The molecule has 0 radical (unpaired) electrons. The molecule has 0 aromatic rings. The molecule has 0 atom stereocenters. The lowest BCUT2D eigenvalue weighted by atomic mass is 10.1. The minimum absolute atomic E-state index is 0.0498. The van der Waals surface area contributed by atoms with Gasteiger partial charge >= 0.3 is 12.3 Å². The van der Waals surface area contributed by atoms with E-state index in [-0.39, 0.29) is 24.9 Å². The summed E-state index contributed by atoms with van der Waals surface area (Å²) in [6, 6.07) is 0. The Hall–Kier alpha value is -0.810. The maximum Gasteiger partial charge on any atom is 0.383 e. The van der Waals surface area contributed by atoms with Crippen LogP contribution in [0.5, 0.6) is 0 Å². The topological polar surface area (TPSA) is 20.3 Å². The van der Waals surface area contributed by atoms with Gasteiger partial charge < -0.3 is 4.90 Å². The van der Waals surface area contributed by atoms with Gasteiger partial charge in [-0.3, -0.25) is 4.79 Å². The Balaban J connectivity index is 4.85. The Morgan fingerprint density at radius 3 is 1.65 bits per heavy atom. The van der Waals surface area contributed by atoms with Crippen molar-refractivity contribution in [3.8, 4) is 0 Å². The molecule has 0 unspecified atom stereocenters. The molecule has 17 heavy (non-hydrogen) atoms. The number of alkyl halides is 4. The molecule has 0 rings (SSSR count). The monoisotopic (exact) mass is 257 g/mol. The Kier molecular flexibility index (Phi) is 5.92. The van der Waals surface area contributed by atoms with Crippen molar-refractivity contribution >= 4 is 5.91 Å². The first kappa shape index (κ1) is 16.2. The van der Waals surface area contributed by atoms with Crippen molar-refractivity contribution < 1.29 is 22.4 Å². The molecule has 0 fully saturated rings. The number of rotatable bonds is 6. The van der Waals surface area contributed by atoms with E-state index in [0.29, 0.717) is 0 Å². The van der Waals surface area contributed by atoms with Crippen LogP contribution >= 0.6 is 0 Å². The van der Waals surface area contributed by atoms with Gasteiger partial charge in [-0.25, -0.2) is 8.78 Å². The summed E-state index contributed by atoms with van der Waals surface area (Å²) in [4.78, 5) is 12.2. The molecule has 0 aliphatic carbocycles. The first-order valence-corrected chi connectivity index (χ1v) is 5.54. The number of amides is 1. The Morgan fingerprint density at radius 1 is 1.06 bits per heavy atom. The lowest BCUT2D eigenvalue weighted by molar-refractivity contribution is -0.181. The molecule has 0 saturated heterocycles. The van der Waals surface area contributed by atoms with Crippen molar-refractivity contribution in [2.24, 2.45) is 11.8 Å². The second-order valence-corrected chi connectivity index (χ2v) is 4.92. The summed E-state index contributed by atoms with van der Waals surface area (Å²) in [5.41, 5.74) is 0. The van der Waals surface area contributed by atoms with Gasteiger partial charge in [-0.15, -0.1) is 0 Å². The van der Waals surface area contributed by atoms with Gasteiger partial charge in [0.1, 0.15) is 0 Å². The quantitative estimate of drug-likeness (QED) is 0.670. The third kappa shape index (κ3) is 4.91. The van der Waals surface area contributed by atoms with Crippen LogP contribution in [0.25, 0.3) is 0 Å². The molecule has 0 saturated carbocycles. The van der Waals surface area contributed by atoms with E-state index in [2.05, 4.69) is 0 Å².